The summed E-state index contributed by atoms with van der Waals surface area (Å²) in [5.74, 6) is -0.0405. The SMILES string of the molecule is N#Cc1ccccc1OCC(=O)N/N=C/c1ccncc1. The zero-order valence-electron chi connectivity index (χ0n) is 11.1. The van der Waals surface area contributed by atoms with Gasteiger partial charge in [0.05, 0.1) is 11.8 Å². The van der Waals surface area contributed by atoms with Crippen molar-refractivity contribution < 1.29 is 9.53 Å². The Morgan fingerprint density at radius 2 is 2.10 bits per heavy atom. The zero-order valence-corrected chi connectivity index (χ0v) is 11.1. The third-order valence-corrected chi connectivity index (χ3v) is 2.48. The summed E-state index contributed by atoms with van der Waals surface area (Å²) in [7, 11) is 0. The Balaban J connectivity index is 1.83. The molecular weight excluding hydrogens is 268 g/mol. The maximum absolute atomic E-state index is 11.6. The van der Waals surface area contributed by atoms with Gasteiger partial charge >= 0.3 is 0 Å². The predicted molar refractivity (Wildman–Crippen MR) is 76.6 cm³/mol. The standard InChI is InChI=1S/C15H12N4O2/c16-9-13-3-1-2-4-14(13)21-11-15(20)19-18-10-12-5-7-17-8-6-12/h1-8,10H,11H2,(H,19,20)/b18-10+. The average molecular weight is 280 g/mol. The van der Waals surface area contributed by atoms with Crippen LogP contribution in [-0.4, -0.2) is 23.7 Å². The minimum atomic E-state index is -0.409. The van der Waals surface area contributed by atoms with Crippen LogP contribution in [0.25, 0.3) is 0 Å². The van der Waals surface area contributed by atoms with E-state index in [0.29, 0.717) is 11.3 Å². The summed E-state index contributed by atoms with van der Waals surface area (Å²) in [6.07, 6.45) is 4.76. The number of carbonyl (C=O) groups is 1. The van der Waals surface area contributed by atoms with Crippen LogP contribution in [0.3, 0.4) is 0 Å². The Morgan fingerprint density at radius 1 is 1.33 bits per heavy atom. The van der Waals surface area contributed by atoms with Crippen molar-refractivity contribution in [1.29, 1.82) is 5.26 Å². The summed E-state index contributed by atoms with van der Waals surface area (Å²) >= 11 is 0. The summed E-state index contributed by atoms with van der Waals surface area (Å²) in [6.45, 7) is -0.216. The van der Waals surface area contributed by atoms with Crippen molar-refractivity contribution in [1.82, 2.24) is 10.4 Å². The molecule has 1 amide bonds. The van der Waals surface area contributed by atoms with Gasteiger partial charge in [0.1, 0.15) is 11.8 Å². The quantitative estimate of drug-likeness (QED) is 0.664. The maximum atomic E-state index is 11.6. The predicted octanol–water partition coefficient (Wildman–Crippen LogP) is 1.48. The Bertz CT molecular complexity index is 678. The first-order valence-corrected chi connectivity index (χ1v) is 6.13. The monoisotopic (exact) mass is 280 g/mol. The van der Waals surface area contributed by atoms with Crippen molar-refractivity contribution in [3.05, 3.63) is 59.9 Å². The number of aromatic nitrogens is 1. The largest absolute Gasteiger partial charge is 0.482 e. The van der Waals surface area contributed by atoms with Gasteiger partial charge in [0.25, 0.3) is 5.91 Å². The fourth-order valence-electron chi connectivity index (χ4n) is 1.49. The lowest BCUT2D eigenvalue weighted by Gasteiger charge is -2.06. The molecule has 21 heavy (non-hydrogen) atoms. The lowest BCUT2D eigenvalue weighted by atomic mass is 10.2. The number of nitriles is 1. The molecule has 6 heteroatoms. The highest BCUT2D eigenvalue weighted by Crippen LogP contribution is 2.15. The molecule has 0 atom stereocenters. The Labute approximate surface area is 121 Å². The van der Waals surface area contributed by atoms with E-state index < -0.39 is 5.91 Å². The van der Waals surface area contributed by atoms with Gasteiger partial charge in [-0.3, -0.25) is 9.78 Å². The number of hydrogen-bond donors (Lipinski definition) is 1. The zero-order chi connectivity index (χ0) is 14.9. The average Bonchev–Trinajstić information content (AvgIpc) is 2.54. The molecule has 1 N–H and O–H groups in total. The van der Waals surface area contributed by atoms with Crippen LogP contribution in [0.5, 0.6) is 5.75 Å². The van der Waals surface area contributed by atoms with Crippen molar-refractivity contribution in [2.45, 2.75) is 0 Å². The highest BCUT2D eigenvalue weighted by molar-refractivity contribution is 5.82. The van der Waals surface area contributed by atoms with Crippen LogP contribution in [0, 0.1) is 11.3 Å². The van der Waals surface area contributed by atoms with Gasteiger partial charge < -0.3 is 4.74 Å². The second kappa shape index (κ2) is 7.40. The van der Waals surface area contributed by atoms with E-state index in [9.17, 15) is 4.79 Å². The molecule has 2 aromatic rings. The number of para-hydroxylation sites is 1. The van der Waals surface area contributed by atoms with Gasteiger partial charge in [0.15, 0.2) is 6.61 Å². The summed E-state index contributed by atoms with van der Waals surface area (Å²) < 4.78 is 5.27. The number of benzene rings is 1. The van der Waals surface area contributed by atoms with E-state index in [1.54, 1.807) is 48.8 Å². The summed E-state index contributed by atoms with van der Waals surface area (Å²) in [4.78, 5) is 15.4. The molecule has 0 radical (unpaired) electrons. The van der Waals surface area contributed by atoms with Crippen molar-refractivity contribution in [3.63, 3.8) is 0 Å². The first-order chi connectivity index (χ1) is 10.3. The summed E-state index contributed by atoms with van der Waals surface area (Å²) in [5, 5.41) is 12.7. The molecule has 1 heterocycles. The van der Waals surface area contributed by atoms with E-state index in [0.717, 1.165) is 5.56 Å². The van der Waals surface area contributed by atoms with Crippen LogP contribution in [0.1, 0.15) is 11.1 Å². The smallest absolute Gasteiger partial charge is 0.277 e. The van der Waals surface area contributed by atoms with Crippen molar-refractivity contribution in [2.75, 3.05) is 6.61 Å². The molecule has 0 aliphatic heterocycles. The van der Waals surface area contributed by atoms with Crippen molar-refractivity contribution in [2.24, 2.45) is 5.10 Å². The number of pyridine rings is 1. The molecule has 1 aromatic heterocycles. The van der Waals surface area contributed by atoms with Crippen LogP contribution in [0.4, 0.5) is 0 Å². The highest BCUT2D eigenvalue weighted by atomic mass is 16.5. The number of carbonyl (C=O) groups excluding carboxylic acids is 1. The van der Waals surface area contributed by atoms with Gasteiger partial charge in [-0.15, -0.1) is 0 Å². The van der Waals surface area contributed by atoms with E-state index in [-0.39, 0.29) is 6.61 Å². The lowest BCUT2D eigenvalue weighted by Crippen LogP contribution is -2.24. The number of ether oxygens (including phenoxy) is 1. The number of nitrogens with one attached hydrogen (secondary N) is 1. The fourth-order valence-corrected chi connectivity index (χ4v) is 1.49. The van der Waals surface area contributed by atoms with Gasteiger partial charge in [-0.1, -0.05) is 12.1 Å². The van der Waals surface area contributed by atoms with Crippen LogP contribution in [-0.2, 0) is 4.79 Å². The minimum Gasteiger partial charge on any atom is -0.482 e. The molecule has 0 saturated carbocycles. The van der Waals surface area contributed by atoms with Gasteiger partial charge in [0.2, 0.25) is 0 Å². The molecule has 0 spiro atoms. The second-order valence-corrected chi connectivity index (χ2v) is 3.97. The van der Waals surface area contributed by atoms with Crippen molar-refractivity contribution >= 4 is 12.1 Å². The Kier molecular flexibility index (Phi) is 5.01. The van der Waals surface area contributed by atoms with Gasteiger partial charge in [-0.2, -0.15) is 10.4 Å². The van der Waals surface area contributed by atoms with Crippen LogP contribution < -0.4 is 10.2 Å². The molecule has 0 fully saturated rings. The molecule has 0 aliphatic rings. The molecule has 1 aromatic carbocycles. The van der Waals surface area contributed by atoms with E-state index in [1.807, 2.05) is 6.07 Å². The third-order valence-electron chi connectivity index (χ3n) is 2.48. The molecule has 0 unspecified atom stereocenters. The number of rotatable bonds is 5. The molecule has 6 nitrogen and oxygen atoms in total. The van der Waals surface area contributed by atoms with E-state index >= 15 is 0 Å². The van der Waals surface area contributed by atoms with Crippen LogP contribution >= 0.6 is 0 Å². The molecular formula is C15H12N4O2. The first kappa shape index (κ1) is 14.2. The van der Waals surface area contributed by atoms with Gasteiger partial charge in [0, 0.05) is 12.4 Å². The highest BCUT2D eigenvalue weighted by Gasteiger charge is 2.05. The first-order valence-electron chi connectivity index (χ1n) is 6.13. The number of hydrazone groups is 1. The third kappa shape index (κ3) is 4.44. The van der Waals surface area contributed by atoms with Crippen LogP contribution in [0.2, 0.25) is 0 Å². The summed E-state index contributed by atoms with van der Waals surface area (Å²) in [5.41, 5.74) is 3.54. The topological polar surface area (TPSA) is 87.4 Å². The van der Waals surface area contributed by atoms with Crippen LogP contribution in [0.15, 0.2) is 53.9 Å². The Morgan fingerprint density at radius 3 is 2.86 bits per heavy atom. The van der Waals surface area contributed by atoms with Crippen molar-refractivity contribution in [3.8, 4) is 11.8 Å². The molecule has 104 valence electrons. The normalized spacial score (nSPS) is 10.0. The van der Waals surface area contributed by atoms with E-state index in [2.05, 4.69) is 15.5 Å². The van der Waals surface area contributed by atoms with E-state index in [1.165, 1.54) is 6.21 Å². The number of hydrogen-bond acceptors (Lipinski definition) is 5. The minimum absolute atomic E-state index is 0.216. The van der Waals surface area contributed by atoms with Gasteiger partial charge in [-0.25, -0.2) is 5.43 Å². The molecule has 0 saturated heterocycles. The second-order valence-electron chi connectivity index (χ2n) is 3.97. The molecule has 0 bridgehead atoms. The Hall–Kier alpha value is -3.20. The molecule has 2 rings (SSSR count). The lowest BCUT2D eigenvalue weighted by molar-refractivity contribution is -0.123. The summed E-state index contributed by atoms with van der Waals surface area (Å²) in [6, 6.07) is 12.2. The number of nitrogens with zero attached hydrogens (tertiary/aromatic N) is 3. The maximum Gasteiger partial charge on any atom is 0.277 e. The fraction of sp³-hybridized carbons (Fsp3) is 0.0667. The number of amides is 1. The molecule has 0 aliphatic carbocycles. The van der Waals surface area contributed by atoms with E-state index in [4.69, 9.17) is 10.00 Å². The van der Waals surface area contributed by atoms with Gasteiger partial charge in [-0.05, 0) is 29.8 Å².